The second-order valence-corrected chi connectivity index (χ2v) is 6.56. The number of aliphatic hydroxyl groups excluding tert-OH is 1. The van der Waals surface area contributed by atoms with E-state index in [1.165, 1.54) is 0 Å². The third-order valence-corrected chi connectivity index (χ3v) is 4.59. The maximum absolute atomic E-state index is 10.8. The summed E-state index contributed by atoms with van der Waals surface area (Å²) in [5, 5.41) is 28.2. The first-order valence-electron chi connectivity index (χ1n) is 7.69. The fourth-order valence-corrected chi connectivity index (χ4v) is 3.33. The van der Waals surface area contributed by atoms with E-state index in [0.29, 0.717) is 17.1 Å². The smallest absolute Gasteiger partial charge is 0.132 e. The van der Waals surface area contributed by atoms with Gasteiger partial charge in [0.25, 0.3) is 0 Å². The van der Waals surface area contributed by atoms with Gasteiger partial charge in [-0.1, -0.05) is 0 Å². The number of ether oxygens (including phenoxy) is 1. The number of nitriles is 1. The molecule has 0 aliphatic carbocycles. The van der Waals surface area contributed by atoms with Crippen molar-refractivity contribution in [1.29, 1.82) is 10.7 Å². The third-order valence-electron chi connectivity index (χ3n) is 4.59. The lowest BCUT2D eigenvalue weighted by Crippen LogP contribution is -2.55. The zero-order chi connectivity index (χ0) is 15.9. The zero-order valence-electron chi connectivity index (χ0n) is 13.0. The second-order valence-electron chi connectivity index (χ2n) is 6.56. The Morgan fingerprint density at radius 1 is 1.41 bits per heavy atom. The molecule has 0 aromatic heterocycles. The molecule has 3 rings (SSSR count). The second kappa shape index (κ2) is 5.29. The van der Waals surface area contributed by atoms with Gasteiger partial charge in [0.2, 0.25) is 0 Å². The van der Waals surface area contributed by atoms with E-state index in [2.05, 4.69) is 6.07 Å². The van der Waals surface area contributed by atoms with Gasteiger partial charge in [-0.2, -0.15) is 5.26 Å². The Bertz CT molecular complexity index is 648. The van der Waals surface area contributed by atoms with E-state index in [0.717, 1.165) is 31.4 Å². The summed E-state index contributed by atoms with van der Waals surface area (Å²) >= 11 is 0. The topological polar surface area (TPSA) is 80.3 Å². The number of piperidine rings is 1. The zero-order valence-corrected chi connectivity index (χ0v) is 13.0. The normalized spacial score (nSPS) is 26.8. The molecule has 0 bridgehead atoms. The van der Waals surface area contributed by atoms with E-state index in [-0.39, 0.29) is 6.04 Å². The Kier molecular flexibility index (Phi) is 3.57. The molecule has 1 aromatic rings. The SMILES string of the molecule is CC1(C)Oc2ccc(C#N)cc2[C@@H](N2CCCCC2=N)[C@@H]1O. The number of amidine groups is 1. The highest BCUT2D eigenvalue weighted by Gasteiger charge is 2.46. The van der Waals surface area contributed by atoms with Crippen molar-refractivity contribution in [2.45, 2.75) is 50.9 Å². The Balaban J connectivity index is 2.10. The largest absolute Gasteiger partial charge is 0.485 e. The molecular weight excluding hydrogens is 278 g/mol. The van der Waals surface area contributed by atoms with E-state index in [4.69, 9.17) is 15.4 Å². The summed E-state index contributed by atoms with van der Waals surface area (Å²) in [5.74, 6) is 1.25. The van der Waals surface area contributed by atoms with E-state index < -0.39 is 11.7 Å². The lowest BCUT2D eigenvalue weighted by Gasteiger charge is -2.48. The number of aliphatic hydroxyl groups is 1. The van der Waals surface area contributed by atoms with Crippen molar-refractivity contribution in [2.24, 2.45) is 0 Å². The standard InChI is InChI=1S/C17H21N3O2/c1-17(2)16(21)15(20-8-4-3-5-14(20)19)12-9-11(10-18)6-7-13(12)22-17/h6-7,9,15-16,19,21H,3-5,8H2,1-2H3/t15-,16+/m1/s1. The van der Waals surface area contributed by atoms with E-state index >= 15 is 0 Å². The summed E-state index contributed by atoms with van der Waals surface area (Å²) in [4.78, 5) is 1.97. The highest BCUT2D eigenvalue weighted by molar-refractivity contribution is 5.80. The summed E-state index contributed by atoms with van der Waals surface area (Å²) in [6.45, 7) is 4.48. The number of fused-ring (bicyclic) bond motifs is 1. The van der Waals surface area contributed by atoms with Crippen LogP contribution in [0, 0.1) is 16.7 Å². The molecule has 0 spiro atoms. The first kappa shape index (κ1) is 14.9. The summed E-state index contributed by atoms with van der Waals surface area (Å²) in [6.07, 6.45) is 2.01. The lowest BCUT2D eigenvalue weighted by molar-refractivity contribution is -0.0829. The van der Waals surface area contributed by atoms with Crippen molar-refractivity contribution in [3.05, 3.63) is 29.3 Å². The minimum Gasteiger partial charge on any atom is -0.485 e. The molecule has 2 aliphatic rings. The van der Waals surface area contributed by atoms with Crippen LogP contribution in [0.2, 0.25) is 0 Å². The average molecular weight is 299 g/mol. The van der Waals surface area contributed by atoms with Crippen molar-refractivity contribution in [2.75, 3.05) is 6.54 Å². The predicted molar refractivity (Wildman–Crippen MR) is 82.9 cm³/mol. The van der Waals surface area contributed by atoms with Gasteiger partial charge in [-0.05, 0) is 44.9 Å². The van der Waals surface area contributed by atoms with Crippen LogP contribution < -0.4 is 4.74 Å². The minimum absolute atomic E-state index is 0.333. The maximum atomic E-state index is 10.8. The molecule has 2 aliphatic heterocycles. The fourth-order valence-electron chi connectivity index (χ4n) is 3.33. The fraction of sp³-hybridized carbons (Fsp3) is 0.529. The highest BCUT2D eigenvalue weighted by Crippen LogP contribution is 2.44. The quantitative estimate of drug-likeness (QED) is 0.835. The predicted octanol–water partition coefficient (Wildman–Crippen LogP) is 2.59. The van der Waals surface area contributed by atoms with Gasteiger partial charge in [-0.25, -0.2) is 0 Å². The van der Waals surface area contributed by atoms with Crippen LogP contribution in [0.5, 0.6) is 5.75 Å². The van der Waals surface area contributed by atoms with Crippen LogP contribution in [-0.4, -0.2) is 34.1 Å². The molecule has 1 saturated heterocycles. The van der Waals surface area contributed by atoms with E-state index in [1.54, 1.807) is 18.2 Å². The summed E-state index contributed by atoms with van der Waals surface area (Å²) in [6, 6.07) is 7.10. The van der Waals surface area contributed by atoms with Gasteiger partial charge in [-0.3, -0.25) is 5.41 Å². The summed E-state index contributed by atoms with van der Waals surface area (Å²) in [5.41, 5.74) is 0.615. The van der Waals surface area contributed by atoms with Gasteiger partial charge in [-0.15, -0.1) is 0 Å². The molecule has 22 heavy (non-hydrogen) atoms. The van der Waals surface area contributed by atoms with Gasteiger partial charge in [0.15, 0.2) is 0 Å². The van der Waals surface area contributed by atoms with Gasteiger partial charge in [0.05, 0.1) is 23.5 Å². The summed E-state index contributed by atoms with van der Waals surface area (Å²) in [7, 11) is 0. The first-order valence-corrected chi connectivity index (χ1v) is 7.69. The summed E-state index contributed by atoms with van der Waals surface area (Å²) < 4.78 is 5.93. The van der Waals surface area contributed by atoms with Crippen molar-refractivity contribution < 1.29 is 9.84 Å². The number of likely N-dealkylation sites (tertiary alicyclic amines) is 1. The van der Waals surface area contributed by atoms with Gasteiger partial charge in [0, 0.05) is 18.5 Å². The number of hydrogen-bond acceptors (Lipinski definition) is 4. The molecule has 0 unspecified atom stereocenters. The van der Waals surface area contributed by atoms with Crippen LogP contribution in [0.1, 0.15) is 50.3 Å². The van der Waals surface area contributed by atoms with E-state index in [1.807, 2.05) is 18.7 Å². The monoisotopic (exact) mass is 299 g/mol. The molecule has 0 saturated carbocycles. The number of hydrogen-bond donors (Lipinski definition) is 2. The Hall–Kier alpha value is -2.06. The van der Waals surface area contributed by atoms with Gasteiger partial charge >= 0.3 is 0 Å². The first-order chi connectivity index (χ1) is 10.4. The maximum Gasteiger partial charge on any atom is 0.132 e. The molecule has 0 radical (unpaired) electrons. The third kappa shape index (κ3) is 2.34. The van der Waals surface area contributed by atoms with Crippen molar-refractivity contribution in [1.82, 2.24) is 4.90 Å². The molecule has 2 heterocycles. The van der Waals surface area contributed by atoms with Crippen LogP contribution in [0.4, 0.5) is 0 Å². The molecule has 1 fully saturated rings. The highest BCUT2D eigenvalue weighted by atomic mass is 16.5. The molecule has 5 nitrogen and oxygen atoms in total. The molecular formula is C17H21N3O2. The Labute approximate surface area is 130 Å². The van der Waals surface area contributed by atoms with Crippen LogP contribution >= 0.6 is 0 Å². The lowest BCUT2D eigenvalue weighted by atomic mass is 9.84. The molecule has 0 amide bonds. The Morgan fingerprint density at radius 2 is 2.18 bits per heavy atom. The van der Waals surface area contributed by atoms with Crippen LogP contribution in [0.3, 0.4) is 0 Å². The Morgan fingerprint density at radius 3 is 2.86 bits per heavy atom. The number of benzene rings is 1. The van der Waals surface area contributed by atoms with Crippen molar-refractivity contribution in [3.8, 4) is 11.8 Å². The number of nitrogens with one attached hydrogen (secondary N) is 1. The minimum atomic E-state index is -0.757. The molecule has 2 N–H and O–H groups in total. The van der Waals surface area contributed by atoms with E-state index in [9.17, 15) is 5.11 Å². The van der Waals surface area contributed by atoms with Gasteiger partial charge in [0.1, 0.15) is 17.5 Å². The van der Waals surface area contributed by atoms with Crippen LogP contribution in [0.25, 0.3) is 0 Å². The van der Waals surface area contributed by atoms with Crippen molar-refractivity contribution in [3.63, 3.8) is 0 Å². The van der Waals surface area contributed by atoms with Crippen LogP contribution in [0.15, 0.2) is 18.2 Å². The number of rotatable bonds is 1. The molecule has 2 atom stereocenters. The number of nitrogens with zero attached hydrogens (tertiary/aromatic N) is 2. The molecule has 116 valence electrons. The van der Waals surface area contributed by atoms with Crippen LogP contribution in [-0.2, 0) is 0 Å². The molecule has 5 heteroatoms. The molecule has 1 aromatic carbocycles. The average Bonchev–Trinajstić information content (AvgIpc) is 2.49. The van der Waals surface area contributed by atoms with Crippen molar-refractivity contribution >= 4 is 5.84 Å². The van der Waals surface area contributed by atoms with Gasteiger partial charge < -0.3 is 14.7 Å².